The van der Waals surface area contributed by atoms with Crippen LogP contribution in [0.5, 0.6) is 11.5 Å². The lowest BCUT2D eigenvalue weighted by atomic mass is 10.0. The molecule has 0 spiro atoms. The van der Waals surface area contributed by atoms with E-state index in [4.69, 9.17) is 16.2 Å². The molecule has 0 heterocycles. The number of ether oxygens (including phenoxy) is 1. The van der Waals surface area contributed by atoms with Crippen LogP contribution in [0.4, 0.5) is 11.4 Å². The zero-order valence-corrected chi connectivity index (χ0v) is 11.5. The smallest absolute Gasteiger partial charge is 0.150 e. The van der Waals surface area contributed by atoms with Crippen molar-refractivity contribution < 1.29 is 4.74 Å². The number of nitrogens with two attached hydrogens (primary N) is 2. The third kappa shape index (κ3) is 2.67. The van der Waals surface area contributed by atoms with Gasteiger partial charge in [0, 0.05) is 16.8 Å². The van der Waals surface area contributed by atoms with Crippen LogP contribution in [-0.4, -0.2) is 0 Å². The van der Waals surface area contributed by atoms with Crippen LogP contribution in [0.15, 0.2) is 72.8 Å². The first-order chi connectivity index (χ1) is 10.3. The Labute approximate surface area is 123 Å². The molecule has 0 radical (unpaired) electrons. The van der Waals surface area contributed by atoms with E-state index >= 15 is 0 Å². The number of benzene rings is 3. The number of hydrogen-bond acceptors (Lipinski definition) is 3. The van der Waals surface area contributed by atoms with Crippen LogP contribution in [-0.2, 0) is 0 Å². The molecule has 0 aliphatic carbocycles. The predicted octanol–water partition coefficient (Wildman–Crippen LogP) is 4.31. The number of hydrogen-bond donors (Lipinski definition) is 2. The summed E-state index contributed by atoms with van der Waals surface area (Å²) in [5.41, 5.74) is 15.3. The molecule has 4 N–H and O–H groups in total. The van der Waals surface area contributed by atoms with Gasteiger partial charge in [-0.05, 0) is 24.3 Å². The molecule has 0 fully saturated rings. The first kappa shape index (κ1) is 13.1. The third-order valence-corrected chi connectivity index (χ3v) is 3.29. The van der Waals surface area contributed by atoms with Gasteiger partial charge in [0.25, 0.3) is 0 Å². The SMILES string of the molecule is Nc1ccccc1-c1cccc(Oc2ccccc2)c1N. The maximum Gasteiger partial charge on any atom is 0.150 e. The molecule has 0 amide bonds. The second-order valence-electron chi connectivity index (χ2n) is 4.72. The standard InChI is InChI=1S/C18H16N2O/c19-16-11-5-4-9-14(16)15-10-6-12-17(18(15)20)21-13-7-2-1-3-8-13/h1-12H,19-20H2. The molecule has 3 heteroatoms. The molecule has 21 heavy (non-hydrogen) atoms. The molecule has 3 aromatic rings. The van der Waals surface area contributed by atoms with E-state index in [9.17, 15) is 0 Å². The van der Waals surface area contributed by atoms with Gasteiger partial charge in [-0.1, -0.05) is 48.5 Å². The Morgan fingerprint density at radius 1 is 0.619 bits per heavy atom. The fraction of sp³-hybridized carbons (Fsp3) is 0. The zero-order chi connectivity index (χ0) is 14.7. The predicted molar refractivity (Wildman–Crippen MR) is 87.2 cm³/mol. The van der Waals surface area contributed by atoms with Gasteiger partial charge in [0.1, 0.15) is 5.75 Å². The van der Waals surface area contributed by atoms with Crippen molar-refractivity contribution in [3.63, 3.8) is 0 Å². The summed E-state index contributed by atoms with van der Waals surface area (Å²) in [7, 11) is 0. The molecular formula is C18H16N2O. The van der Waals surface area contributed by atoms with Gasteiger partial charge >= 0.3 is 0 Å². The van der Waals surface area contributed by atoms with Crippen LogP contribution >= 0.6 is 0 Å². The maximum absolute atomic E-state index is 6.25. The Kier molecular flexibility index (Phi) is 3.48. The quantitative estimate of drug-likeness (QED) is 0.701. The van der Waals surface area contributed by atoms with Gasteiger partial charge in [0.2, 0.25) is 0 Å². The largest absolute Gasteiger partial charge is 0.455 e. The summed E-state index contributed by atoms with van der Waals surface area (Å²) in [5, 5.41) is 0. The molecule has 104 valence electrons. The van der Waals surface area contributed by atoms with Crippen molar-refractivity contribution in [2.24, 2.45) is 0 Å². The molecule has 0 aliphatic heterocycles. The van der Waals surface area contributed by atoms with Gasteiger partial charge in [0.15, 0.2) is 5.75 Å². The fourth-order valence-corrected chi connectivity index (χ4v) is 2.23. The Balaban J connectivity index is 2.02. The molecule has 3 aromatic carbocycles. The minimum absolute atomic E-state index is 0.583. The van der Waals surface area contributed by atoms with E-state index < -0.39 is 0 Å². The fourth-order valence-electron chi connectivity index (χ4n) is 2.23. The molecule has 0 unspecified atom stereocenters. The van der Waals surface area contributed by atoms with E-state index in [0.29, 0.717) is 17.1 Å². The highest BCUT2D eigenvalue weighted by Gasteiger charge is 2.10. The average Bonchev–Trinajstić information content (AvgIpc) is 2.51. The zero-order valence-electron chi connectivity index (χ0n) is 11.5. The second kappa shape index (κ2) is 5.59. The van der Waals surface area contributed by atoms with E-state index in [-0.39, 0.29) is 0 Å². The second-order valence-corrected chi connectivity index (χ2v) is 4.72. The Hall–Kier alpha value is -2.94. The summed E-state index contributed by atoms with van der Waals surface area (Å²) >= 11 is 0. The Bertz CT molecular complexity index is 754. The van der Waals surface area contributed by atoms with Crippen LogP contribution in [0.1, 0.15) is 0 Å². The normalized spacial score (nSPS) is 10.3. The summed E-state index contributed by atoms with van der Waals surface area (Å²) in [5.74, 6) is 1.38. The van der Waals surface area contributed by atoms with Crippen molar-refractivity contribution in [1.29, 1.82) is 0 Å². The molecule has 0 aliphatic rings. The van der Waals surface area contributed by atoms with Gasteiger partial charge in [-0.3, -0.25) is 0 Å². The Morgan fingerprint density at radius 3 is 2.05 bits per heavy atom. The highest BCUT2D eigenvalue weighted by Crippen LogP contribution is 2.37. The summed E-state index contributed by atoms with van der Waals surface area (Å²) < 4.78 is 5.85. The maximum atomic E-state index is 6.25. The monoisotopic (exact) mass is 276 g/mol. The number of nitrogen functional groups attached to an aromatic ring is 2. The molecule has 0 saturated carbocycles. The van der Waals surface area contributed by atoms with Crippen LogP contribution < -0.4 is 16.2 Å². The lowest BCUT2D eigenvalue weighted by molar-refractivity contribution is 0.485. The van der Waals surface area contributed by atoms with Crippen molar-refractivity contribution in [2.45, 2.75) is 0 Å². The highest BCUT2D eigenvalue weighted by atomic mass is 16.5. The van der Waals surface area contributed by atoms with Crippen molar-refractivity contribution in [3.8, 4) is 22.6 Å². The summed E-state index contributed by atoms with van der Waals surface area (Å²) in [6.45, 7) is 0. The van der Waals surface area contributed by atoms with Crippen LogP contribution in [0.2, 0.25) is 0 Å². The van der Waals surface area contributed by atoms with Crippen molar-refractivity contribution in [3.05, 3.63) is 72.8 Å². The van der Waals surface area contributed by atoms with Gasteiger partial charge < -0.3 is 16.2 Å². The van der Waals surface area contributed by atoms with E-state index in [1.165, 1.54) is 0 Å². The van der Waals surface area contributed by atoms with E-state index in [2.05, 4.69) is 0 Å². The molecule has 0 saturated heterocycles. The average molecular weight is 276 g/mol. The third-order valence-electron chi connectivity index (χ3n) is 3.29. The molecule has 3 rings (SSSR count). The first-order valence-corrected chi connectivity index (χ1v) is 6.72. The molecule has 0 aromatic heterocycles. The van der Waals surface area contributed by atoms with E-state index in [1.54, 1.807) is 0 Å². The highest BCUT2D eigenvalue weighted by molar-refractivity contribution is 5.86. The molecule has 3 nitrogen and oxygen atoms in total. The minimum Gasteiger partial charge on any atom is -0.455 e. The number of para-hydroxylation sites is 3. The summed E-state index contributed by atoms with van der Waals surface area (Å²) in [6.07, 6.45) is 0. The minimum atomic E-state index is 0.583. The Morgan fingerprint density at radius 2 is 1.29 bits per heavy atom. The first-order valence-electron chi connectivity index (χ1n) is 6.72. The lowest BCUT2D eigenvalue weighted by Gasteiger charge is -2.13. The van der Waals surface area contributed by atoms with Gasteiger partial charge in [-0.25, -0.2) is 0 Å². The number of anilines is 2. The molecular weight excluding hydrogens is 260 g/mol. The van der Waals surface area contributed by atoms with Crippen LogP contribution in [0.25, 0.3) is 11.1 Å². The summed E-state index contributed by atoms with van der Waals surface area (Å²) in [4.78, 5) is 0. The van der Waals surface area contributed by atoms with Crippen LogP contribution in [0.3, 0.4) is 0 Å². The summed E-state index contributed by atoms with van der Waals surface area (Å²) in [6, 6.07) is 22.9. The van der Waals surface area contributed by atoms with Crippen LogP contribution in [0, 0.1) is 0 Å². The van der Waals surface area contributed by atoms with Crippen molar-refractivity contribution in [1.82, 2.24) is 0 Å². The van der Waals surface area contributed by atoms with Gasteiger partial charge in [0.05, 0.1) is 5.69 Å². The van der Waals surface area contributed by atoms with Gasteiger partial charge in [-0.2, -0.15) is 0 Å². The topological polar surface area (TPSA) is 61.3 Å². The number of rotatable bonds is 3. The molecule has 0 bridgehead atoms. The van der Waals surface area contributed by atoms with E-state index in [0.717, 1.165) is 16.9 Å². The molecule has 0 atom stereocenters. The lowest BCUT2D eigenvalue weighted by Crippen LogP contribution is -1.97. The van der Waals surface area contributed by atoms with Crippen molar-refractivity contribution in [2.75, 3.05) is 11.5 Å². The van der Waals surface area contributed by atoms with Crippen molar-refractivity contribution >= 4 is 11.4 Å². The van der Waals surface area contributed by atoms with Gasteiger partial charge in [-0.15, -0.1) is 0 Å². The van der Waals surface area contributed by atoms with E-state index in [1.807, 2.05) is 72.8 Å².